The van der Waals surface area contributed by atoms with Gasteiger partial charge in [0.05, 0.1) is 5.56 Å². The number of rotatable bonds is 5. The summed E-state index contributed by atoms with van der Waals surface area (Å²) in [7, 11) is -7.67. The Kier molecular flexibility index (Phi) is 7.13. The molecule has 0 atom stereocenters. The van der Waals surface area contributed by atoms with Crippen molar-refractivity contribution >= 4 is 33.2 Å². The molecule has 0 saturated carbocycles. The van der Waals surface area contributed by atoms with E-state index in [-0.39, 0.29) is 23.3 Å². The lowest BCUT2D eigenvalue weighted by Crippen LogP contribution is -2.02. The minimum atomic E-state index is -4.56. The van der Waals surface area contributed by atoms with E-state index in [0.717, 1.165) is 6.07 Å². The maximum atomic E-state index is 11.5. The van der Waals surface area contributed by atoms with Crippen molar-refractivity contribution in [3.05, 3.63) is 48.0 Å². The van der Waals surface area contributed by atoms with Crippen LogP contribution in [0.4, 0.5) is 0 Å². The van der Waals surface area contributed by atoms with Gasteiger partial charge in [0.25, 0.3) is 16.6 Å². The summed E-state index contributed by atoms with van der Waals surface area (Å²) in [6, 6.07) is 9.13. The molecule has 0 unspecified atom stereocenters. The van der Waals surface area contributed by atoms with Crippen molar-refractivity contribution in [2.24, 2.45) is 0 Å². The number of carboxylic acid groups (broad SMARTS) is 1. The zero-order chi connectivity index (χ0) is 19.9. The molecule has 2 aromatic rings. The highest BCUT2D eigenvalue weighted by Crippen LogP contribution is 2.30. The van der Waals surface area contributed by atoms with Crippen molar-refractivity contribution in [2.45, 2.75) is 4.90 Å². The van der Waals surface area contributed by atoms with Crippen molar-refractivity contribution in [2.75, 3.05) is 0 Å². The van der Waals surface area contributed by atoms with Crippen LogP contribution in [0.15, 0.2) is 47.4 Å². The van der Waals surface area contributed by atoms with Gasteiger partial charge in [-0.2, -0.15) is 8.42 Å². The number of aromatic carboxylic acids is 1. The third-order valence-electron chi connectivity index (χ3n) is 2.86. The summed E-state index contributed by atoms with van der Waals surface area (Å²) in [4.78, 5) is 20.7. The lowest BCUT2D eigenvalue weighted by atomic mass is 10.0. The van der Waals surface area contributed by atoms with Gasteiger partial charge in [0, 0.05) is 11.6 Å². The smallest absolute Gasteiger partial charge is 0.425 e. The van der Waals surface area contributed by atoms with Crippen molar-refractivity contribution in [3.8, 4) is 16.9 Å². The van der Waals surface area contributed by atoms with E-state index >= 15 is 0 Å². The van der Waals surface area contributed by atoms with Crippen LogP contribution in [0.25, 0.3) is 11.1 Å². The average Bonchev–Trinajstić information content (AvgIpc) is 2.54. The summed E-state index contributed by atoms with van der Waals surface area (Å²) in [5.74, 6) is -1.16. The number of hydrogen-bond donors (Lipinski definition) is 2. The SMILES string of the molecule is O=COc1ccc(-c2ccc(C(=O)O)cc2)c(S(=O)(=O)O)c1.O=S(=O)=O. The van der Waals surface area contributed by atoms with Crippen LogP contribution >= 0.6 is 0 Å². The Morgan fingerprint density at radius 2 is 1.58 bits per heavy atom. The molecule has 138 valence electrons. The van der Waals surface area contributed by atoms with Crippen LogP contribution in [0.1, 0.15) is 10.4 Å². The molecule has 0 spiro atoms. The molecule has 0 radical (unpaired) electrons. The van der Waals surface area contributed by atoms with Crippen molar-refractivity contribution in [3.63, 3.8) is 0 Å². The highest BCUT2D eigenvalue weighted by atomic mass is 32.2. The molecule has 10 nitrogen and oxygen atoms in total. The van der Waals surface area contributed by atoms with Crippen LogP contribution in [-0.2, 0) is 25.5 Å². The molecule has 12 heteroatoms. The van der Waals surface area contributed by atoms with Gasteiger partial charge in [-0.05, 0) is 29.8 Å². The van der Waals surface area contributed by atoms with Crippen LogP contribution in [0, 0.1) is 0 Å². The highest BCUT2D eigenvalue weighted by molar-refractivity contribution is 7.86. The largest absolute Gasteiger partial charge is 0.478 e. The Morgan fingerprint density at radius 1 is 1.04 bits per heavy atom. The summed E-state index contributed by atoms with van der Waals surface area (Å²) < 4.78 is 62.1. The first kappa shape index (κ1) is 21.0. The van der Waals surface area contributed by atoms with Gasteiger partial charge >= 0.3 is 16.6 Å². The summed E-state index contributed by atoms with van der Waals surface area (Å²) in [5.41, 5.74) is 0.575. The van der Waals surface area contributed by atoms with Gasteiger partial charge in [0.15, 0.2) is 0 Å². The molecular weight excluding hydrogens is 392 g/mol. The van der Waals surface area contributed by atoms with Crippen LogP contribution in [0.2, 0.25) is 0 Å². The zero-order valence-electron chi connectivity index (χ0n) is 12.6. The molecule has 2 aromatic carbocycles. The van der Waals surface area contributed by atoms with E-state index in [0.29, 0.717) is 5.56 Å². The van der Waals surface area contributed by atoms with E-state index in [1.807, 2.05) is 0 Å². The summed E-state index contributed by atoms with van der Waals surface area (Å²) in [6.45, 7) is 0.129. The van der Waals surface area contributed by atoms with E-state index in [4.69, 9.17) is 17.7 Å². The van der Waals surface area contributed by atoms with Crippen LogP contribution in [0.5, 0.6) is 5.75 Å². The third kappa shape index (κ3) is 6.08. The Hall–Kier alpha value is -3.09. The minimum Gasteiger partial charge on any atom is -0.478 e. The Balaban J connectivity index is 0.000000765. The minimum absolute atomic E-state index is 0.0399. The fourth-order valence-electron chi connectivity index (χ4n) is 1.88. The fraction of sp³-hybridized carbons (Fsp3) is 0. The average molecular weight is 402 g/mol. The number of carbonyl (C=O) groups is 2. The molecule has 0 aromatic heterocycles. The summed E-state index contributed by atoms with van der Waals surface area (Å²) in [6.07, 6.45) is 0. The number of hydrogen-bond acceptors (Lipinski definition) is 8. The molecule has 0 bridgehead atoms. The molecule has 0 saturated heterocycles. The summed E-state index contributed by atoms with van der Waals surface area (Å²) in [5, 5.41) is 8.84. The van der Waals surface area contributed by atoms with Crippen molar-refractivity contribution < 1.29 is 45.0 Å². The van der Waals surface area contributed by atoms with E-state index in [1.54, 1.807) is 0 Å². The quantitative estimate of drug-likeness (QED) is 0.539. The first-order chi connectivity index (χ1) is 12.1. The zero-order valence-corrected chi connectivity index (χ0v) is 14.2. The van der Waals surface area contributed by atoms with E-state index < -0.39 is 31.6 Å². The molecule has 0 aliphatic heterocycles. The molecule has 2 rings (SSSR count). The van der Waals surface area contributed by atoms with Crippen molar-refractivity contribution in [1.82, 2.24) is 0 Å². The maximum Gasteiger partial charge on any atom is 0.425 e. The number of carboxylic acids is 1. The van der Waals surface area contributed by atoms with Gasteiger partial charge in [-0.15, -0.1) is 12.6 Å². The summed E-state index contributed by atoms with van der Waals surface area (Å²) >= 11 is 0. The second kappa shape index (κ2) is 8.84. The lowest BCUT2D eigenvalue weighted by Gasteiger charge is -2.09. The van der Waals surface area contributed by atoms with Gasteiger partial charge in [-0.3, -0.25) is 9.35 Å². The topological polar surface area (TPSA) is 169 Å². The molecule has 0 aliphatic carbocycles. The normalized spacial score (nSPS) is 10.2. The molecule has 2 N–H and O–H groups in total. The second-order valence-electron chi connectivity index (χ2n) is 4.43. The third-order valence-corrected chi connectivity index (χ3v) is 3.75. The number of benzene rings is 2. The molecular formula is C14H10O10S2. The molecule has 26 heavy (non-hydrogen) atoms. The highest BCUT2D eigenvalue weighted by Gasteiger charge is 2.18. The predicted molar refractivity (Wildman–Crippen MR) is 85.0 cm³/mol. The lowest BCUT2D eigenvalue weighted by molar-refractivity contribution is -0.120. The molecule has 0 heterocycles. The van der Waals surface area contributed by atoms with Crippen LogP contribution in [0.3, 0.4) is 0 Å². The second-order valence-corrected chi connectivity index (χ2v) is 6.23. The van der Waals surface area contributed by atoms with Gasteiger partial charge in [0.2, 0.25) is 0 Å². The Labute approximate surface area is 148 Å². The van der Waals surface area contributed by atoms with Crippen molar-refractivity contribution in [1.29, 1.82) is 0 Å². The fourth-order valence-corrected chi connectivity index (χ4v) is 2.60. The Morgan fingerprint density at radius 3 is 2.00 bits per heavy atom. The Bertz CT molecular complexity index is 1020. The van der Waals surface area contributed by atoms with Crippen LogP contribution < -0.4 is 4.74 Å². The van der Waals surface area contributed by atoms with Gasteiger partial charge in [-0.25, -0.2) is 4.79 Å². The van der Waals surface area contributed by atoms with Gasteiger partial charge in [0.1, 0.15) is 10.6 Å². The van der Waals surface area contributed by atoms with Crippen LogP contribution in [-0.4, -0.2) is 43.1 Å². The van der Waals surface area contributed by atoms with Gasteiger partial charge < -0.3 is 9.84 Å². The number of ether oxygens (including phenoxy) is 1. The standard InChI is InChI=1S/C14H10O7S.O3S/c15-8-21-11-5-6-12(13(7-11)22(18,19)20)9-1-3-10(4-2-9)14(16)17;1-4(2)3/h1-8H,(H,16,17)(H,18,19,20);. The first-order valence-corrected chi connectivity index (χ1v) is 8.82. The maximum absolute atomic E-state index is 11.5. The van der Waals surface area contributed by atoms with Gasteiger partial charge in [-0.1, -0.05) is 12.1 Å². The molecule has 0 aliphatic rings. The number of carbonyl (C=O) groups excluding carboxylic acids is 1. The van der Waals surface area contributed by atoms with E-state index in [1.165, 1.54) is 36.4 Å². The molecule has 0 fully saturated rings. The monoisotopic (exact) mass is 402 g/mol. The first-order valence-electron chi connectivity index (χ1n) is 6.38. The molecule has 0 amide bonds. The predicted octanol–water partition coefficient (Wildman–Crippen LogP) is 0.830. The van der Waals surface area contributed by atoms with E-state index in [9.17, 15) is 22.6 Å². The van der Waals surface area contributed by atoms with E-state index in [2.05, 4.69) is 4.74 Å².